The first kappa shape index (κ1) is 11.0. The number of halogens is 1. The molecule has 0 unspecified atom stereocenters. The molecule has 0 amide bonds. The number of rotatable bonds is 1. The fourth-order valence-corrected chi connectivity index (χ4v) is 0.911. The van der Waals surface area contributed by atoms with Gasteiger partial charge >= 0.3 is 0 Å². The molecule has 1 aromatic heterocycles. The Kier molecular flexibility index (Phi) is 4.38. The molecule has 0 spiro atoms. The number of nitrogens with zero attached hydrogens (tertiary/aromatic N) is 1. The zero-order chi connectivity index (χ0) is 8.27. The number of aryl methyl sites for hydroxylation is 1. The summed E-state index contributed by atoms with van der Waals surface area (Å²) in [7, 11) is 0. The SMILES string of the molecule is C#CC[n+]1cc(C)ccc1N.[Br-]. The second-order valence-corrected chi connectivity index (χ2v) is 2.46. The maximum absolute atomic E-state index is 5.64. The molecule has 0 fully saturated rings. The van der Waals surface area contributed by atoms with Crippen molar-refractivity contribution in [3.8, 4) is 12.3 Å². The zero-order valence-corrected chi connectivity index (χ0v) is 8.51. The van der Waals surface area contributed by atoms with Crippen LogP contribution in [0.15, 0.2) is 18.3 Å². The Morgan fingerprint density at radius 2 is 2.25 bits per heavy atom. The highest BCUT2D eigenvalue weighted by atomic mass is 79.9. The number of nitrogens with two attached hydrogens (primary N) is 1. The monoisotopic (exact) mass is 226 g/mol. The van der Waals surface area contributed by atoms with Crippen molar-refractivity contribution < 1.29 is 21.5 Å². The van der Waals surface area contributed by atoms with Gasteiger partial charge in [0.15, 0.2) is 6.54 Å². The van der Waals surface area contributed by atoms with Gasteiger partial charge in [0.2, 0.25) is 0 Å². The average molecular weight is 227 g/mol. The summed E-state index contributed by atoms with van der Waals surface area (Å²) in [5, 5.41) is 0. The minimum absolute atomic E-state index is 0. The maximum atomic E-state index is 5.64. The van der Waals surface area contributed by atoms with E-state index in [-0.39, 0.29) is 17.0 Å². The molecule has 0 bridgehead atoms. The number of nitrogen functional groups attached to an aromatic ring is 1. The predicted octanol–water partition coefficient (Wildman–Crippen LogP) is -2.50. The van der Waals surface area contributed by atoms with Crippen molar-refractivity contribution in [1.82, 2.24) is 0 Å². The van der Waals surface area contributed by atoms with E-state index in [1.165, 1.54) is 0 Å². The first-order chi connectivity index (χ1) is 5.24. The van der Waals surface area contributed by atoms with Crippen LogP contribution in [0.1, 0.15) is 5.56 Å². The second kappa shape index (κ2) is 4.78. The second-order valence-electron chi connectivity index (χ2n) is 2.46. The fraction of sp³-hybridized carbons (Fsp3) is 0.222. The number of aromatic nitrogens is 1. The van der Waals surface area contributed by atoms with Crippen molar-refractivity contribution in [2.45, 2.75) is 13.5 Å². The lowest BCUT2D eigenvalue weighted by atomic mass is 10.3. The normalized spacial score (nSPS) is 8.33. The van der Waals surface area contributed by atoms with Crippen LogP contribution >= 0.6 is 0 Å². The van der Waals surface area contributed by atoms with Crippen LogP contribution in [0.25, 0.3) is 0 Å². The van der Waals surface area contributed by atoms with E-state index in [9.17, 15) is 0 Å². The van der Waals surface area contributed by atoms with Crippen LogP contribution in [-0.4, -0.2) is 0 Å². The van der Waals surface area contributed by atoms with Crippen molar-refractivity contribution in [3.63, 3.8) is 0 Å². The van der Waals surface area contributed by atoms with Gasteiger partial charge in [0.1, 0.15) is 0 Å². The molecular weight excluding hydrogens is 216 g/mol. The van der Waals surface area contributed by atoms with E-state index in [4.69, 9.17) is 12.2 Å². The molecule has 2 nitrogen and oxygen atoms in total. The van der Waals surface area contributed by atoms with E-state index < -0.39 is 0 Å². The Balaban J connectivity index is 0.00000121. The lowest BCUT2D eigenvalue weighted by Crippen LogP contribution is -3.00. The van der Waals surface area contributed by atoms with Crippen molar-refractivity contribution >= 4 is 5.82 Å². The van der Waals surface area contributed by atoms with E-state index >= 15 is 0 Å². The highest BCUT2D eigenvalue weighted by Gasteiger charge is 2.00. The molecule has 0 aliphatic rings. The Morgan fingerprint density at radius 1 is 1.58 bits per heavy atom. The lowest BCUT2D eigenvalue weighted by molar-refractivity contribution is -0.670. The summed E-state index contributed by atoms with van der Waals surface area (Å²) in [4.78, 5) is 0. The number of pyridine rings is 1. The zero-order valence-electron chi connectivity index (χ0n) is 6.92. The van der Waals surface area contributed by atoms with Crippen LogP contribution < -0.4 is 27.3 Å². The van der Waals surface area contributed by atoms with Gasteiger partial charge in [-0.05, 0) is 18.6 Å². The van der Waals surface area contributed by atoms with Crippen LogP contribution in [0.2, 0.25) is 0 Å². The topological polar surface area (TPSA) is 29.9 Å². The lowest BCUT2D eigenvalue weighted by Gasteiger charge is -1.98. The van der Waals surface area contributed by atoms with E-state index in [0.29, 0.717) is 12.4 Å². The van der Waals surface area contributed by atoms with Gasteiger partial charge in [0, 0.05) is 6.07 Å². The quantitative estimate of drug-likeness (QED) is 0.417. The summed E-state index contributed by atoms with van der Waals surface area (Å²) in [6.07, 6.45) is 7.09. The predicted molar refractivity (Wildman–Crippen MR) is 44.6 cm³/mol. The van der Waals surface area contributed by atoms with E-state index in [1.807, 2.05) is 29.8 Å². The molecule has 0 saturated heterocycles. The van der Waals surface area contributed by atoms with Crippen LogP contribution in [0.3, 0.4) is 0 Å². The highest BCUT2D eigenvalue weighted by Crippen LogP contribution is 1.96. The molecule has 12 heavy (non-hydrogen) atoms. The van der Waals surface area contributed by atoms with Crippen molar-refractivity contribution in [2.75, 3.05) is 5.73 Å². The fourth-order valence-electron chi connectivity index (χ4n) is 0.911. The molecule has 3 heteroatoms. The Hall–Kier alpha value is -1.01. The van der Waals surface area contributed by atoms with Gasteiger partial charge in [-0.3, -0.25) is 5.73 Å². The van der Waals surface area contributed by atoms with Crippen LogP contribution in [0.4, 0.5) is 5.82 Å². The molecule has 2 N–H and O–H groups in total. The van der Waals surface area contributed by atoms with Crippen LogP contribution in [-0.2, 0) is 6.54 Å². The van der Waals surface area contributed by atoms with E-state index in [1.54, 1.807) is 0 Å². The minimum Gasteiger partial charge on any atom is -1.00 e. The Morgan fingerprint density at radius 3 is 2.83 bits per heavy atom. The van der Waals surface area contributed by atoms with E-state index in [2.05, 4.69) is 5.92 Å². The third-order valence-corrected chi connectivity index (χ3v) is 1.47. The molecule has 0 aliphatic carbocycles. The summed E-state index contributed by atoms with van der Waals surface area (Å²) in [5.74, 6) is 3.24. The summed E-state index contributed by atoms with van der Waals surface area (Å²) in [5.41, 5.74) is 6.80. The Bertz CT molecular complexity index is 302. The molecular formula is C9H11BrN2. The number of terminal acetylenes is 1. The summed E-state index contributed by atoms with van der Waals surface area (Å²) >= 11 is 0. The van der Waals surface area contributed by atoms with Gasteiger partial charge in [0.05, 0.1) is 6.20 Å². The molecule has 1 heterocycles. The average Bonchev–Trinajstić information content (AvgIpc) is 1.98. The molecule has 1 aromatic rings. The third-order valence-electron chi connectivity index (χ3n) is 1.47. The Labute approximate surface area is 83.2 Å². The molecule has 64 valence electrons. The highest BCUT2D eigenvalue weighted by molar-refractivity contribution is 5.22. The van der Waals surface area contributed by atoms with Crippen LogP contribution in [0.5, 0.6) is 0 Å². The molecule has 0 atom stereocenters. The number of hydrogen-bond donors (Lipinski definition) is 1. The van der Waals surface area contributed by atoms with Gasteiger partial charge in [-0.15, -0.1) is 6.42 Å². The van der Waals surface area contributed by atoms with Crippen molar-refractivity contribution in [2.24, 2.45) is 0 Å². The molecule has 0 aliphatic heterocycles. The minimum atomic E-state index is 0. The molecule has 0 radical (unpaired) electrons. The molecule has 0 saturated carbocycles. The van der Waals surface area contributed by atoms with Crippen LogP contribution in [0, 0.1) is 19.3 Å². The van der Waals surface area contributed by atoms with Crippen molar-refractivity contribution in [1.29, 1.82) is 0 Å². The largest absolute Gasteiger partial charge is 1.00 e. The maximum Gasteiger partial charge on any atom is 0.273 e. The molecule has 1 rings (SSSR count). The van der Waals surface area contributed by atoms with Crippen molar-refractivity contribution in [3.05, 3.63) is 23.9 Å². The van der Waals surface area contributed by atoms with Gasteiger partial charge in [-0.1, -0.05) is 5.92 Å². The van der Waals surface area contributed by atoms with Gasteiger partial charge in [-0.2, -0.15) is 0 Å². The number of anilines is 1. The summed E-state index contributed by atoms with van der Waals surface area (Å²) in [6.45, 7) is 2.54. The summed E-state index contributed by atoms with van der Waals surface area (Å²) < 4.78 is 1.84. The third kappa shape index (κ3) is 2.55. The first-order valence-electron chi connectivity index (χ1n) is 3.43. The smallest absolute Gasteiger partial charge is 0.273 e. The first-order valence-corrected chi connectivity index (χ1v) is 3.43. The standard InChI is InChI=1S/C9H10N2.BrH/c1-3-6-11-7-8(2)4-5-9(11)10;/h1,4-5,7,10H,6H2,2H3;1H. The van der Waals surface area contributed by atoms with Gasteiger partial charge in [-0.25, -0.2) is 4.57 Å². The summed E-state index contributed by atoms with van der Waals surface area (Å²) in [6, 6.07) is 3.81. The van der Waals surface area contributed by atoms with Gasteiger partial charge < -0.3 is 17.0 Å². The molecule has 0 aromatic carbocycles. The van der Waals surface area contributed by atoms with Gasteiger partial charge in [0.25, 0.3) is 5.82 Å². The van der Waals surface area contributed by atoms with E-state index in [0.717, 1.165) is 5.56 Å². The number of hydrogen-bond acceptors (Lipinski definition) is 1.